The summed E-state index contributed by atoms with van der Waals surface area (Å²) in [5.41, 5.74) is 0.262. The summed E-state index contributed by atoms with van der Waals surface area (Å²) < 4.78 is 23.1. The summed E-state index contributed by atoms with van der Waals surface area (Å²) in [5.74, 6) is -0.488. The first kappa shape index (κ1) is 41.2. The largest absolute Gasteiger partial charge is 0.489 e. The maximum atomic E-state index is 15.6. The molecule has 4 aliphatic rings. The standard InChI is InChI=1S/C44H49ClFN9O5/c1-43(2)41(44(3,4)42(43)60-31-7-5-27(22-47)33(45)21-31)51-38(57)29-20-34(46)37(48-23-29)54-13-11-26(12-14-54)25-52-15-17-53(18-16-52)30-6-8-32-28(19-30)24-49-55(40(32)59)35-9-10-36(56)50-39(35)58/h5-8,19-21,23-24,26,35,41-42H,9-18,25H2,1-4H3,(H,51,57)(H,50,56,58)/t35?,41-,42-. The van der Waals surface area contributed by atoms with Gasteiger partial charge in [-0.15, -0.1) is 0 Å². The second-order valence-electron chi connectivity index (χ2n) is 17.7. The predicted octanol–water partition coefficient (Wildman–Crippen LogP) is 5.08. The number of nitrogens with zero attached hydrogens (tertiary/aromatic N) is 7. The summed E-state index contributed by atoms with van der Waals surface area (Å²) in [7, 11) is 0. The molecule has 2 aromatic heterocycles. The molecule has 3 amide bonds. The number of aromatic nitrogens is 3. The van der Waals surface area contributed by atoms with Crippen LogP contribution in [0.25, 0.3) is 10.8 Å². The average Bonchev–Trinajstić information content (AvgIpc) is 3.22. The van der Waals surface area contributed by atoms with Crippen LogP contribution in [0, 0.1) is 33.9 Å². The van der Waals surface area contributed by atoms with Crippen molar-refractivity contribution in [3.63, 3.8) is 0 Å². The van der Waals surface area contributed by atoms with E-state index in [-0.39, 0.29) is 47.8 Å². The Morgan fingerprint density at radius 2 is 1.70 bits per heavy atom. The van der Waals surface area contributed by atoms with E-state index in [0.717, 1.165) is 51.3 Å². The second kappa shape index (κ2) is 16.1. The van der Waals surface area contributed by atoms with Crippen LogP contribution in [0.5, 0.6) is 5.75 Å². The molecule has 3 saturated heterocycles. The van der Waals surface area contributed by atoms with Crippen molar-refractivity contribution < 1.29 is 23.5 Å². The number of piperidine rings is 2. The number of benzene rings is 2. The van der Waals surface area contributed by atoms with E-state index in [1.54, 1.807) is 30.5 Å². The molecule has 0 spiro atoms. The fourth-order valence-corrected chi connectivity index (χ4v) is 10.2. The zero-order valence-corrected chi connectivity index (χ0v) is 35.0. The third-order valence-corrected chi connectivity index (χ3v) is 13.3. The quantitative estimate of drug-likeness (QED) is 0.216. The minimum atomic E-state index is -0.802. The van der Waals surface area contributed by atoms with Gasteiger partial charge in [0.1, 0.15) is 24.0 Å². The molecule has 2 aromatic carbocycles. The Morgan fingerprint density at radius 1 is 0.967 bits per heavy atom. The summed E-state index contributed by atoms with van der Waals surface area (Å²) in [4.78, 5) is 61.8. The molecule has 4 aromatic rings. The number of ether oxygens (including phenoxy) is 1. The number of halogens is 2. The van der Waals surface area contributed by atoms with E-state index < -0.39 is 34.5 Å². The highest BCUT2D eigenvalue weighted by Crippen LogP contribution is 2.55. The lowest BCUT2D eigenvalue weighted by molar-refractivity contribution is -0.164. The minimum absolute atomic E-state index is 0.161. The Hall–Kier alpha value is -5.59. The van der Waals surface area contributed by atoms with E-state index >= 15 is 4.39 Å². The fourth-order valence-electron chi connectivity index (χ4n) is 9.97. The van der Waals surface area contributed by atoms with Gasteiger partial charge in [-0.3, -0.25) is 29.4 Å². The number of nitriles is 1. The molecule has 0 bridgehead atoms. The van der Waals surface area contributed by atoms with Crippen molar-refractivity contribution in [3.8, 4) is 11.8 Å². The van der Waals surface area contributed by atoms with Gasteiger partial charge < -0.3 is 19.9 Å². The highest BCUT2D eigenvalue weighted by Gasteiger charge is 2.64. The number of pyridine rings is 1. The van der Waals surface area contributed by atoms with E-state index in [2.05, 4.69) is 30.5 Å². The lowest BCUT2D eigenvalue weighted by atomic mass is 9.49. The Morgan fingerprint density at radius 3 is 2.37 bits per heavy atom. The molecule has 14 nitrogen and oxygen atoms in total. The maximum absolute atomic E-state index is 15.6. The third kappa shape index (κ3) is 7.78. The van der Waals surface area contributed by atoms with Crippen molar-refractivity contribution in [2.24, 2.45) is 16.7 Å². The highest BCUT2D eigenvalue weighted by molar-refractivity contribution is 6.31. The minimum Gasteiger partial charge on any atom is -0.489 e. The summed E-state index contributed by atoms with van der Waals surface area (Å²) in [6, 6.07) is 12.9. The number of carbonyl (C=O) groups excluding carboxylic acids is 3. The van der Waals surface area contributed by atoms with Crippen LogP contribution in [0.1, 0.15) is 75.3 Å². The van der Waals surface area contributed by atoms with Crippen molar-refractivity contribution in [1.29, 1.82) is 5.26 Å². The zero-order chi connectivity index (χ0) is 42.5. The van der Waals surface area contributed by atoms with Gasteiger partial charge in [-0.2, -0.15) is 10.4 Å². The van der Waals surface area contributed by atoms with Gasteiger partial charge in [0.25, 0.3) is 17.4 Å². The third-order valence-electron chi connectivity index (χ3n) is 13.0. The van der Waals surface area contributed by atoms with E-state index in [0.29, 0.717) is 46.1 Å². The van der Waals surface area contributed by atoms with E-state index in [1.165, 1.54) is 16.9 Å². The number of hydrogen-bond donors (Lipinski definition) is 2. The van der Waals surface area contributed by atoms with Gasteiger partial charge in [0.15, 0.2) is 11.6 Å². The Bertz CT molecular complexity index is 2440. The van der Waals surface area contributed by atoms with Crippen LogP contribution in [0.3, 0.4) is 0 Å². The number of carbonyl (C=O) groups is 3. The second-order valence-corrected chi connectivity index (χ2v) is 18.1. The van der Waals surface area contributed by atoms with Gasteiger partial charge in [-0.05, 0) is 61.6 Å². The number of hydrogen-bond acceptors (Lipinski definition) is 11. The van der Waals surface area contributed by atoms with Crippen molar-refractivity contribution in [2.75, 3.05) is 55.6 Å². The summed E-state index contributed by atoms with van der Waals surface area (Å²) >= 11 is 6.23. The van der Waals surface area contributed by atoms with Gasteiger partial charge in [0.05, 0.1) is 27.7 Å². The van der Waals surface area contributed by atoms with Crippen molar-refractivity contribution in [1.82, 2.24) is 30.3 Å². The van der Waals surface area contributed by atoms with Crippen LogP contribution in [0.4, 0.5) is 15.9 Å². The van der Waals surface area contributed by atoms with Crippen LogP contribution in [0.15, 0.2) is 59.7 Å². The molecule has 4 fully saturated rings. The molecular formula is C44H49ClFN9O5. The molecule has 2 N–H and O–H groups in total. The smallest absolute Gasteiger partial charge is 0.275 e. The van der Waals surface area contributed by atoms with Crippen LogP contribution in [0.2, 0.25) is 5.02 Å². The molecule has 314 valence electrons. The normalized spacial score (nSPS) is 23.1. The number of rotatable bonds is 9. The van der Waals surface area contributed by atoms with Crippen molar-refractivity contribution in [2.45, 2.75) is 71.6 Å². The van der Waals surface area contributed by atoms with E-state index in [9.17, 15) is 24.4 Å². The monoisotopic (exact) mass is 837 g/mol. The number of anilines is 2. The fraction of sp³-hybridized carbons (Fsp3) is 0.477. The SMILES string of the molecule is CC1(C)[C@H](NC(=O)c2cnc(N3CCC(CN4CCN(c5ccc6c(=O)n(C7CCC(=O)NC7=O)ncc6c5)CC4)CC3)c(F)c2)C(C)(C)[C@H]1Oc1ccc(C#N)c(Cl)c1. The van der Waals surface area contributed by atoms with Crippen LogP contribution < -0.4 is 30.7 Å². The van der Waals surface area contributed by atoms with Crippen LogP contribution >= 0.6 is 11.6 Å². The summed E-state index contributed by atoms with van der Waals surface area (Å²) in [6.45, 7) is 13.8. The van der Waals surface area contributed by atoms with Crippen molar-refractivity contribution in [3.05, 3.63) is 87.2 Å². The Balaban J connectivity index is 0.808. The molecule has 60 heavy (non-hydrogen) atoms. The van der Waals surface area contributed by atoms with E-state index in [4.69, 9.17) is 16.3 Å². The number of piperazine rings is 1. The molecule has 1 aliphatic carbocycles. The summed E-state index contributed by atoms with van der Waals surface area (Å²) in [6.07, 6.45) is 5.02. The first-order valence-corrected chi connectivity index (χ1v) is 20.9. The van der Waals surface area contributed by atoms with Crippen LogP contribution in [-0.4, -0.2) is 95.3 Å². The number of fused-ring (bicyclic) bond motifs is 1. The lowest BCUT2D eigenvalue weighted by Crippen LogP contribution is -2.74. The first-order chi connectivity index (χ1) is 28.6. The van der Waals surface area contributed by atoms with Gasteiger partial charge in [-0.1, -0.05) is 39.3 Å². The summed E-state index contributed by atoms with van der Waals surface area (Å²) in [5, 5.41) is 20.4. The zero-order valence-electron chi connectivity index (χ0n) is 34.2. The molecule has 0 radical (unpaired) electrons. The molecule has 1 saturated carbocycles. The van der Waals surface area contributed by atoms with Gasteiger partial charge in [0.2, 0.25) is 5.91 Å². The molecule has 1 atom stereocenters. The van der Waals surface area contributed by atoms with Gasteiger partial charge >= 0.3 is 0 Å². The number of amides is 3. The van der Waals surface area contributed by atoms with Crippen molar-refractivity contribution >= 4 is 51.6 Å². The van der Waals surface area contributed by atoms with Gasteiger partial charge in [-0.25, -0.2) is 14.1 Å². The average molecular weight is 838 g/mol. The van der Waals surface area contributed by atoms with E-state index in [1.807, 2.05) is 50.8 Å². The number of imide groups is 1. The lowest BCUT2D eigenvalue weighted by Gasteiger charge is -2.63. The molecule has 1 unspecified atom stereocenters. The van der Waals surface area contributed by atoms with Crippen LogP contribution in [-0.2, 0) is 9.59 Å². The Kier molecular flexibility index (Phi) is 11.1. The molecular weight excluding hydrogens is 789 g/mol. The predicted molar refractivity (Wildman–Crippen MR) is 225 cm³/mol. The highest BCUT2D eigenvalue weighted by atomic mass is 35.5. The molecule has 5 heterocycles. The van der Waals surface area contributed by atoms with Gasteiger partial charge in [0, 0.05) is 92.4 Å². The number of nitrogens with one attached hydrogen (secondary N) is 2. The molecule has 8 rings (SSSR count). The topological polar surface area (TPSA) is 166 Å². The first-order valence-electron chi connectivity index (χ1n) is 20.5. The maximum Gasteiger partial charge on any atom is 0.275 e. The molecule has 3 aliphatic heterocycles. The Labute approximate surface area is 352 Å². The molecule has 16 heteroatoms.